The Morgan fingerprint density at radius 1 is 1.30 bits per heavy atom. The summed E-state index contributed by atoms with van der Waals surface area (Å²) in [4.78, 5) is 26.7. The number of hydrogen-bond donors (Lipinski definition) is 2. The molecule has 116 valence electrons. The Labute approximate surface area is 120 Å². The number of carboxylic acid groups (broad SMARTS) is 1. The average molecular weight is 286 g/mol. The molecule has 0 spiro atoms. The van der Waals surface area contributed by atoms with E-state index in [4.69, 9.17) is 10.2 Å². The summed E-state index contributed by atoms with van der Waals surface area (Å²) in [6, 6.07) is -0.0532. The maximum atomic E-state index is 12.3. The molecule has 2 amide bonds. The number of aliphatic hydroxyl groups is 1. The fraction of sp³-hybridized carbons (Fsp3) is 0.857. The molecule has 2 atom stereocenters. The van der Waals surface area contributed by atoms with Gasteiger partial charge in [-0.25, -0.2) is 4.79 Å². The summed E-state index contributed by atoms with van der Waals surface area (Å²) in [5.74, 6) is -1.09. The Balaban J connectivity index is 2.41. The largest absolute Gasteiger partial charge is 0.481 e. The minimum Gasteiger partial charge on any atom is -0.481 e. The number of aliphatic carboxylic acids is 1. The number of urea groups is 1. The maximum absolute atomic E-state index is 12.3. The van der Waals surface area contributed by atoms with Crippen molar-refractivity contribution in [2.45, 2.75) is 45.1 Å². The summed E-state index contributed by atoms with van der Waals surface area (Å²) >= 11 is 0. The maximum Gasteiger partial charge on any atom is 0.319 e. The molecule has 6 heteroatoms. The number of hydrogen-bond acceptors (Lipinski definition) is 3. The van der Waals surface area contributed by atoms with Crippen molar-refractivity contribution < 1.29 is 19.8 Å². The van der Waals surface area contributed by atoms with Crippen molar-refractivity contribution in [3.05, 3.63) is 0 Å². The van der Waals surface area contributed by atoms with Gasteiger partial charge in [-0.3, -0.25) is 4.79 Å². The molecular formula is C14H26N2O4. The summed E-state index contributed by atoms with van der Waals surface area (Å²) in [5.41, 5.74) is 0. The summed E-state index contributed by atoms with van der Waals surface area (Å²) in [7, 11) is 1.78. The molecule has 1 saturated heterocycles. The topological polar surface area (TPSA) is 81.1 Å². The van der Waals surface area contributed by atoms with E-state index in [1.165, 1.54) is 0 Å². The van der Waals surface area contributed by atoms with E-state index in [0.29, 0.717) is 25.9 Å². The van der Waals surface area contributed by atoms with Gasteiger partial charge in [-0.05, 0) is 39.0 Å². The van der Waals surface area contributed by atoms with Gasteiger partial charge in [0.25, 0.3) is 0 Å². The lowest BCUT2D eigenvalue weighted by Gasteiger charge is -2.38. The van der Waals surface area contributed by atoms with Gasteiger partial charge in [-0.15, -0.1) is 0 Å². The number of unbranched alkanes of at least 4 members (excludes halogenated alkanes) is 2. The number of rotatable bonds is 6. The molecule has 0 aliphatic carbocycles. The molecule has 1 rings (SSSR count). The van der Waals surface area contributed by atoms with E-state index in [1.807, 2.05) is 6.92 Å². The smallest absolute Gasteiger partial charge is 0.319 e. The Kier molecular flexibility index (Phi) is 6.78. The van der Waals surface area contributed by atoms with E-state index in [-0.39, 0.29) is 24.6 Å². The number of carboxylic acids is 1. The first kappa shape index (κ1) is 16.8. The normalized spacial score (nSPS) is 22.6. The fourth-order valence-electron chi connectivity index (χ4n) is 2.63. The van der Waals surface area contributed by atoms with Crippen LogP contribution in [0.15, 0.2) is 0 Å². The molecule has 2 N–H and O–H groups in total. The fourth-order valence-corrected chi connectivity index (χ4v) is 2.63. The zero-order chi connectivity index (χ0) is 15.1. The lowest BCUT2D eigenvalue weighted by Crippen LogP contribution is -2.50. The van der Waals surface area contributed by atoms with Crippen LogP contribution in [-0.4, -0.2) is 64.8 Å². The molecular weight excluding hydrogens is 260 g/mol. The Morgan fingerprint density at radius 2 is 2.00 bits per heavy atom. The third kappa shape index (κ3) is 4.67. The van der Waals surface area contributed by atoms with Crippen molar-refractivity contribution in [1.82, 2.24) is 9.80 Å². The minimum absolute atomic E-state index is 0.0228. The van der Waals surface area contributed by atoms with Crippen LogP contribution in [0.25, 0.3) is 0 Å². The number of amides is 2. The van der Waals surface area contributed by atoms with Crippen LogP contribution in [0, 0.1) is 5.92 Å². The van der Waals surface area contributed by atoms with E-state index in [1.54, 1.807) is 16.8 Å². The van der Waals surface area contributed by atoms with E-state index < -0.39 is 5.97 Å². The molecule has 0 aromatic rings. The molecule has 1 fully saturated rings. The van der Waals surface area contributed by atoms with Gasteiger partial charge < -0.3 is 20.0 Å². The molecule has 1 aliphatic heterocycles. The Morgan fingerprint density at radius 3 is 2.55 bits per heavy atom. The quantitative estimate of drug-likeness (QED) is 0.723. The lowest BCUT2D eigenvalue weighted by molar-refractivity contribution is -0.143. The molecule has 0 aromatic heterocycles. The zero-order valence-corrected chi connectivity index (χ0v) is 12.4. The first-order valence-corrected chi connectivity index (χ1v) is 7.32. The average Bonchev–Trinajstić information content (AvgIpc) is 2.42. The highest BCUT2D eigenvalue weighted by Gasteiger charge is 2.33. The van der Waals surface area contributed by atoms with Crippen LogP contribution in [0.4, 0.5) is 4.79 Å². The van der Waals surface area contributed by atoms with E-state index in [9.17, 15) is 9.59 Å². The second-order valence-corrected chi connectivity index (χ2v) is 5.59. The Bertz CT molecular complexity index is 335. The van der Waals surface area contributed by atoms with Crippen molar-refractivity contribution in [2.75, 3.05) is 26.7 Å². The van der Waals surface area contributed by atoms with Crippen LogP contribution in [0.1, 0.15) is 39.0 Å². The number of carbonyl (C=O) groups excluding carboxylic acids is 1. The molecule has 0 aromatic carbocycles. The molecule has 6 nitrogen and oxygen atoms in total. The van der Waals surface area contributed by atoms with Gasteiger partial charge in [0.1, 0.15) is 0 Å². The van der Waals surface area contributed by atoms with Crippen LogP contribution in [0.2, 0.25) is 0 Å². The number of nitrogens with zero attached hydrogens (tertiary/aromatic N) is 2. The van der Waals surface area contributed by atoms with Crippen molar-refractivity contribution in [3.63, 3.8) is 0 Å². The lowest BCUT2D eigenvalue weighted by atomic mass is 9.92. The molecule has 0 radical (unpaired) electrons. The predicted molar refractivity (Wildman–Crippen MR) is 75.5 cm³/mol. The monoisotopic (exact) mass is 286 g/mol. The van der Waals surface area contributed by atoms with Gasteiger partial charge in [0, 0.05) is 32.8 Å². The van der Waals surface area contributed by atoms with Gasteiger partial charge >= 0.3 is 12.0 Å². The van der Waals surface area contributed by atoms with E-state index in [0.717, 1.165) is 19.3 Å². The van der Waals surface area contributed by atoms with Crippen molar-refractivity contribution >= 4 is 12.0 Å². The number of piperidine rings is 1. The molecule has 1 heterocycles. The summed E-state index contributed by atoms with van der Waals surface area (Å²) in [6.45, 7) is 3.28. The van der Waals surface area contributed by atoms with Gasteiger partial charge in [-0.2, -0.15) is 0 Å². The standard InChI is InChI=1S/C14H26N2O4/c1-11-10-12(13(18)19)6-8-16(11)14(20)15(2)7-4-3-5-9-17/h11-12,17H,3-10H2,1-2H3,(H,18,19). The van der Waals surface area contributed by atoms with Crippen LogP contribution >= 0.6 is 0 Å². The third-order valence-electron chi connectivity index (χ3n) is 3.95. The highest BCUT2D eigenvalue weighted by Crippen LogP contribution is 2.23. The van der Waals surface area contributed by atoms with Gasteiger partial charge in [-0.1, -0.05) is 0 Å². The van der Waals surface area contributed by atoms with Crippen molar-refractivity contribution in [3.8, 4) is 0 Å². The molecule has 2 unspecified atom stereocenters. The predicted octanol–water partition coefficient (Wildman–Crippen LogP) is 1.39. The first-order chi connectivity index (χ1) is 9.47. The molecule has 20 heavy (non-hydrogen) atoms. The van der Waals surface area contributed by atoms with Crippen LogP contribution in [0.3, 0.4) is 0 Å². The third-order valence-corrected chi connectivity index (χ3v) is 3.95. The Hall–Kier alpha value is -1.30. The van der Waals surface area contributed by atoms with Crippen LogP contribution in [-0.2, 0) is 4.79 Å². The number of likely N-dealkylation sites (tertiary alicyclic amines) is 1. The molecule has 0 bridgehead atoms. The minimum atomic E-state index is -0.763. The van der Waals surface area contributed by atoms with Gasteiger partial charge in [0.2, 0.25) is 0 Å². The highest BCUT2D eigenvalue weighted by molar-refractivity contribution is 5.75. The second-order valence-electron chi connectivity index (χ2n) is 5.59. The van der Waals surface area contributed by atoms with Crippen molar-refractivity contribution in [1.29, 1.82) is 0 Å². The highest BCUT2D eigenvalue weighted by atomic mass is 16.4. The second kappa shape index (κ2) is 8.09. The van der Waals surface area contributed by atoms with Gasteiger partial charge in [0.05, 0.1) is 5.92 Å². The zero-order valence-electron chi connectivity index (χ0n) is 12.4. The van der Waals surface area contributed by atoms with Gasteiger partial charge in [0.15, 0.2) is 0 Å². The summed E-state index contributed by atoms with van der Waals surface area (Å²) < 4.78 is 0. The SMILES string of the molecule is CC1CC(C(=O)O)CCN1C(=O)N(C)CCCCCO. The molecule has 1 aliphatic rings. The van der Waals surface area contributed by atoms with Crippen molar-refractivity contribution in [2.24, 2.45) is 5.92 Å². The first-order valence-electron chi connectivity index (χ1n) is 7.32. The van der Waals surface area contributed by atoms with Crippen LogP contribution in [0.5, 0.6) is 0 Å². The number of carbonyl (C=O) groups is 2. The van der Waals surface area contributed by atoms with E-state index in [2.05, 4.69) is 0 Å². The van der Waals surface area contributed by atoms with E-state index >= 15 is 0 Å². The summed E-state index contributed by atoms with van der Waals surface area (Å²) in [6.07, 6.45) is 3.61. The number of aliphatic hydroxyl groups excluding tert-OH is 1. The molecule has 0 saturated carbocycles. The summed E-state index contributed by atoms with van der Waals surface area (Å²) in [5, 5.41) is 17.7. The van der Waals surface area contributed by atoms with Crippen LogP contribution < -0.4 is 0 Å².